The number of halogens is 3. The zero-order valence-corrected chi connectivity index (χ0v) is 20.6. The summed E-state index contributed by atoms with van der Waals surface area (Å²) >= 11 is 0. The summed E-state index contributed by atoms with van der Waals surface area (Å²) in [5.74, 6) is 0.784. The SMILES string of the molecule is COc1ccc(N(CCc2ccc(C(F)(F)F)cc2)C(=O)C(NC2COC2)c2ccccc2)cc1OC. The summed E-state index contributed by atoms with van der Waals surface area (Å²) in [6.07, 6.45) is -4.05. The summed E-state index contributed by atoms with van der Waals surface area (Å²) in [6.45, 7) is 1.27. The van der Waals surface area contributed by atoms with E-state index in [-0.39, 0.29) is 18.5 Å². The van der Waals surface area contributed by atoms with Crippen LogP contribution in [0.3, 0.4) is 0 Å². The van der Waals surface area contributed by atoms with Crippen molar-refractivity contribution in [1.82, 2.24) is 5.32 Å². The van der Waals surface area contributed by atoms with Gasteiger partial charge in [0.2, 0.25) is 5.91 Å². The zero-order valence-electron chi connectivity index (χ0n) is 20.6. The fourth-order valence-corrected chi connectivity index (χ4v) is 4.14. The van der Waals surface area contributed by atoms with E-state index >= 15 is 0 Å². The van der Waals surface area contributed by atoms with Crippen molar-refractivity contribution in [3.63, 3.8) is 0 Å². The van der Waals surface area contributed by atoms with Crippen molar-refractivity contribution in [2.24, 2.45) is 0 Å². The molecule has 0 bridgehead atoms. The topological polar surface area (TPSA) is 60.0 Å². The lowest BCUT2D eigenvalue weighted by Gasteiger charge is -2.34. The van der Waals surface area contributed by atoms with Crippen molar-refractivity contribution < 1.29 is 32.2 Å². The Labute approximate surface area is 213 Å². The van der Waals surface area contributed by atoms with E-state index in [1.54, 1.807) is 23.1 Å². The molecule has 1 N–H and O–H groups in total. The minimum Gasteiger partial charge on any atom is -0.493 e. The molecular formula is C28H29F3N2O4. The van der Waals surface area contributed by atoms with Crippen molar-refractivity contribution in [3.8, 4) is 11.5 Å². The van der Waals surface area contributed by atoms with Crippen LogP contribution in [0.15, 0.2) is 72.8 Å². The van der Waals surface area contributed by atoms with Gasteiger partial charge in [-0.1, -0.05) is 42.5 Å². The lowest BCUT2D eigenvalue weighted by Crippen LogP contribution is -2.52. The maximum atomic E-state index is 14.1. The van der Waals surface area contributed by atoms with Crippen molar-refractivity contribution in [2.45, 2.75) is 24.7 Å². The summed E-state index contributed by atoms with van der Waals surface area (Å²) in [7, 11) is 3.04. The number of ether oxygens (including phenoxy) is 3. The van der Waals surface area contributed by atoms with Crippen LogP contribution in [0.4, 0.5) is 18.9 Å². The first-order chi connectivity index (χ1) is 17.8. The Balaban J connectivity index is 1.65. The molecule has 1 aliphatic rings. The Kier molecular flexibility index (Phi) is 8.35. The summed E-state index contributed by atoms with van der Waals surface area (Å²) in [6, 6.07) is 19.0. The molecule has 0 radical (unpaired) electrons. The van der Waals surface area contributed by atoms with E-state index in [1.807, 2.05) is 30.3 Å². The van der Waals surface area contributed by atoms with Crippen molar-refractivity contribution in [3.05, 3.63) is 89.5 Å². The van der Waals surface area contributed by atoms with E-state index in [4.69, 9.17) is 14.2 Å². The normalized spacial score (nSPS) is 14.5. The highest BCUT2D eigenvalue weighted by atomic mass is 19.4. The number of rotatable bonds is 10. The van der Waals surface area contributed by atoms with Crippen LogP contribution < -0.4 is 19.7 Å². The number of nitrogens with zero attached hydrogens (tertiary/aromatic N) is 1. The van der Waals surface area contributed by atoms with Gasteiger partial charge >= 0.3 is 6.18 Å². The third-order valence-electron chi connectivity index (χ3n) is 6.27. The molecule has 6 nitrogen and oxygen atoms in total. The number of carbonyl (C=O) groups excluding carboxylic acids is 1. The molecule has 3 aromatic rings. The van der Waals surface area contributed by atoms with E-state index in [0.717, 1.165) is 17.7 Å². The third kappa shape index (κ3) is 6.42. The number of methoxy groups -OCH3 is 2. The van der Waals surface area contributed by atoms with Gasteiger partial charge in [0.05, 0.1) is 39.0 Å². The van der Waals surface area contributed by atoms with E-state index in [9.17, 15) is 18.0 Å². The fraction of sp³-hybridized carbons (Fsp3) is 0.321. The molecule has 3 aromatic carbocycles. The average Bonchev–Trinajstić information content (AvgIpc) is 2.88. The van der Waals surface area contributed by atoms with Crippen LogP contribution in [0.2, 0.25) is 0 Å². The predicted molar refractivity (Wildman–Crippen MR) is 134 cm³/mol. The Hall–Kier alpha value is -3.56. The van der Waals surface area contributed by atoms with Gasteiger partial charge in [0.1, 0.15) is 6.04 Å². The number of hydrogen-bond donors (Lipinski definition) is 1. The van der Waals surface area contributed by atoms with Crippen molar-refractivity contribution >= 4 is 11.6 Å². The van der Waals surface area contributed by atoms with E-state index in [1.165, 1.54) is 26.4 Å². The molecule has 9 heteroatoms. The molecule has 0 aliphatic carbocycles. The Morgan fingerprint density at radius 3 is 2.24 bits per heavy atom. The number of benzene rings is 3. The largest absolute Gasteiger partial charge is 0.493 e. The number of amides is 1. The summed E-state index contributed by atoms with van der Waals surface area (Å²) in [5.41, 5.74) is 1.37. The number of carbonyl (C=O) groups is 1. The number of nitrogens with one attached hydrogen (secondary N) is 1. The molecule has 1 unspecified atom stereocenters. The van der Waals surface area contributed by atoms with Gasteiger partial charge in [-0.15, -0.1) is 0 Å². The highest BCUT2D eigenvalue weighted by Gasteiger charge is 2.32. The van der Waals surface area contributed by atoms with Gasteiger partial charge in [0.25, 0.3) is 0 Å². The van der Waals surface area contributed by atoms with E-state index in [2.05, 4.69) is 5.32 Å². The maximum absolute atomic E-state index is 14.1. The van der Waals surface area contributed by atoms with Gasteiger partial charge < -0.3 is 19.1 Å². The fourth-order valence-electron chi connectivity index (χ4n) is 4.14. The maximum Gasteiger partial charge on any atom is 0.416 e. The van der Waals surface area contributed by atoms with Gasteiger partial charge in [-0.2, -0.15) is 13.2 Å². The standard InChI is InChI=1S/C28H29F3N2O4/c1-35-24-13-12-23(16-25(24)36-2)33(15-14-19-8-10-21(11-9-19)28(29,30)31)27(34)26(32-22-17-37-18-22)20-6-4-3-5-7-20/h3-13,16,22,26,32H,14-15,17-18H2,1-2H3. The molecule has 1 aliphatic heterocycles. The minimum absolute atomic E-state index is 0.0383. The quantitative estimate of drug-likeness (QED) is 0.412. The van der Waals surface area contributed by atoms with Crippen LogP contribution in [0.1, 0.15) is 22.7 Å². The molecule has 0 spiro atoms. The summed E-state index contributed by atoms with van der Waals surface area (Å²) < 4.78 is 55.1. The van der Waals surface area contributed by atoms with Crippen LogP contribution in [0.25, 0.3) is 0 Å². The van der Waals surface area contributed by atoms with Crippen LogP contribution in [0.5, 0.6) is 11.5 Å². The molecule has 0 aromatic heterocycles. The first-order valence-electron chi connectivity index (χ1n) is 11.9. The second kappa shape index (κ2) is 11.7. The van der Waals surface area contributed by atoms with Crippen LogP contribution in [0, 0.1) is 0 Å². The second-order valence-electron chi connectivity index (χ2n) is 8.72. The Morgan fingerprint density at radius 1 is 1.00 bits per heavy atom. The Morgan fingerprint density at radius 2 is 1.68 bits per heavy atom. The van der Waals surface area contributed by atoms with Crippen LogP contribution in [-0.2, 0) is 22.1 Å². The molecular weight excluding hydrogens is 485 g/mol. The molecule has 4 rings (SSSR count). The molecule has 1 saturated heterocycles. The molecule has 0 saturated carbocycles. The number of anilines is 1. The second-order valence-corrected chi connectivity index (χ2v) is 8.72. The minimum atomic E-state index is -4.40. The number of alkyl halides is 3. The van der Waals surface area contributed by atoms with Crippen molar-refractivity contribution in [2.75, 3.05) is 38.9 Å². The molecule has 196 valence electrons. The van der Waals surface area contributed by atoms with E-state index < -0.39 is 17.8 Å². The predicted octanol–water partition coefficient (Wildman–Crippen LogP) is 5.03. The molecule has 1 amide bonds. The third-order valence-corrected chi connectivity index (χ3v) is 6.27. The van der Waals surface area contributed by atoms with Gasteiger partial charge in [-0.3, -0.25) is 10.1 Å². The van der Waals surface area contributed by atoms with Gasteiger partial charge in [-0.05, 0) is 41.8 Å². The van der Waals surface area contributed by atoms with Crippen LogP contribution in [-0.4, -0.2) is 45.9 Å². The average molecular weight is 515 g/mol. The van der Waals surface area contributed by atoms with Crippen molar-refractivity contribution in [1.29, 1.82) is 0 Å². The van der Waals surface area contributed by atoms with Crippen LogP contribution >= 0.6 is 0 Å². The number of hydrogen-bond acceptors (Lipinski definition) is 5. The van der Waals surface area contributed by atoms with Gasteiger partial charge in [-0.25, -0.2) is 0 Å². The lowest BCUT2D eigenvalue weighted by atomic mass is 10.0. The molecule has 37 heavy (non-hydrogen) atoms. The molecule has 1 heterocycles. The van der Waals surface area contributed by atoms with Gasteiger partial charge in [0.15, 0.2) is 11.5 Å². The van der Waals surface area contributed by atoms with Gasteiger partial charge in [0, 0.05) is 18.3 Å². The summed E-state index contributed by atoms with van der Waals surface area (Å²) in [5, 5.41) is 3.40. The summed E-state index contributed by atoms with van der Waals surface area (Å²) in [4.78, 5) is 15.7. The first kappa shape index (κ1) is 26.5. The lowest BCUT2D eigenvalue weighted by molar-refractivity contribution is -0.137. The Bertz CT molecular complexity index is 1180. The molecule has 1 fully saturated rings. The molecule has 1 atom stereocenters. The first-order valence-corrected chi connectivity index (χ1v) is 11.9. The monoisotopic (exact) mass is 514 g/mol. The highest BCUT2D eigenvalue weighted by Crippen LogP contribution is 2.33. The van der Waals surface area contributed by atoms with E-state index in [0.29, 0.717) is 42.4 Å². The zero-order chi connectivity index (χ0) is 26.4. The smallest absolute Gasteiger partial charge is 0.416 e. The highest BCUT2D eigenvalue weighted by molar-refractivity contribution is 5.98.